The molecule has 100 valence electrons. The molecule has 1 unspecified atom stereocenters. The van der Waals surface area contributed by atoms with E-state index in [2.05, 4.69) is 29.8 Å². The molecule has 1 aromatic carbocycles. The summed E-state index contributed by atoms with van der Waals surface area (Å²) in [4.78, 5) is 0. The summed E-state index contributed by atoms with van der Waals surface area (Å²) >= 11 is 3.52. The third kappa shape index (κ3) is 2.81. The molecule has 0 bridgehead atoms. The number of hydrogen-bond acceptors (Lipinski definition) is 3. The molecule has 0 spiro atoms. The lowest BCUT2D eigenvalue weighted by Gasteiger charge is -2.19. The molecule has 1 atom stereocenters. The van der Waals surface area contributed by atoms with E-state index >= 15 is 0 Å². The van der Waals surface area contributed by atoms with Crippen molar-refractivity contribution in [3.8, 4) is 11.5 Å². The lowest BCUT2D eigenvalue weighted by molar-refractivity contribution is 0.140. The zero-order valence-corrected chi connectivity index (χ0v) is 12.6. The van der Waals surface area contributed by atoms with Gasteiger partial charge in [0.2, 0.25) is 0 Å². The Labute approximate surface area is 116 Å². The van der Waals surface area contributed by atoms with Crippen LogP contribution in [0.1, 0.15) is 32.3 Å². The molecule has 1 aliphatic heterocycles. The highest BCUT2D eigenvalue weighted by Crippen LogP contribution is 2.41. The number of rotatable bonds is 2. The highest BCUT2D eigenvalue weighted by Gasteiger charge is 2.27. The summed E-state index contributed by atoms with van der Waals surface area (Å²) in [6, 6.07) is 3.95. The minimum Gasteiger partial charge on any atom is -0.489 e. The Bertz CT molecular complexity index is 443. The van der Waals surface area contributed by atoms with Crippen LogP contribution in [0.2, 0.25) is 0 Å². The fourth-order valence-corrected chi connectivity index (χ4v) is 2.38. The second-order valence-corrected chi connectivity index (χ2v) is 6.51. The monoisotopic (exact) mass is 314 g/mol. The van der Waals surface area contributed by atoms with E-state index < -0.39 is 0 Å². The largest absolute Gasteiger partial charge is 0.489 e. The summed E-state index contributed by atoms with van der Waals surface area (Å²) < 4.78 is 12.6. The standard InChI is InChI=1S/C14H19BrO3/c1-9(6-16)10-4-11(15)13-12(5-10)17-7-14(2,3)8-18-13/h4-5,9,16H,6-8H2,1-3H3. The van der Waals surface area contributed by atoms with Crippen molar-refractivity contribution in [3.05, 3.63) is 22.2 Å². The normalized spacial score (nSPS) is 19.2. The summed E-state index contributed by atoms with van der Waals surface area (Å²) in [6.07, 6.45) is 0. The van der Waals surface area contributed by atoms with Crippen molar-refractivity contribution < 1.29 is 14.6 Å². The van der Waals surface area contributed by atoms with Gasteiger partial charge in [0.1, 0.15) is 0 Å². The van der Waals surface area contributed by atoms with Crippen LogP contribution in [-0.4, -0.2) is 24.9 Å². The summed E-state index contributed by atoms with van der Waals surface area (Å²) in [6.45, 7) is 7.60. The van der Waals surface area contributed by atoms with Gasteiger partial charge in [-0.3, -0.25) is 0 Å². The molecule has 18 heavy (non-hydrogen) atoms. The first kappa shape index (κ1) is 13.7. The van der Waals surface area contributed by atoms with Crippen LogP contribution < -0.4 is 9.47 Å². The lowest BCUT2D eigenvalue weighted by Crippen LogP contribution is -2.26. The van der Waals surface area contributed by atoms with Crippen molar-refractivity contribution in [3.63, 3.8) is 0 Å². The molecule has 0 saturated carbocycles. The average molecular weight is 315 g/mol. The van der Waals surface area contributed by atoms with Crippen molar-refractivity contribution in [2.45, 2.75) is 26.7 Å². The summed E-state index contributed by atoms with van der Waals surface area (Å²) in [5, 5.41) is 9.23. The Kier molecular flexibility index (Phi) is 3.87. The highest BCUT2D eigenvalue weighted by atomic mass is 79.9. The number of fused-ring (bicyclic) bond motifs is 1. The van der Waals surface area contributed by atoms with Crippen LogP contribution in [0.4, 0.5) is 0 Å². The maximum atomic E-state index is 9.23. The molecule has 3 nitrogen and oxygen atoms in total. The summed E-state index contributed by atoms with van der Waals surface area (Å²) in [7, 11) is 0. The molecule has 1 aromatic rings. The van der Waals surface area contributed by atoms with Crippen LogP contribution in [0.5, 0.6) is 11.5 Å². The van der Waals surface area contributed by atoms with E-state index in [0.29, 0.717) is 13.2 Å². The fraction of sp³-hybridized carbons (Fsp3) is 0.571. The van der Waals surface area contributed by atoms with Gasteiger partial charge in [-0.05, 0) is 33.6 Å². The first-order chi connectivity index (χ1) is 8.43. The Morgan fingerprint density at radius 3 is 2.67 bits per heavy atom. The third-order valence-electron chi connectivity index (χ3n) is 3.10. The summed E-state index contributed by atoms with van der Waals surface area (Å²) in [5.41, 5.74) is 1.05. The topological polar surface area (TPSA) is 38.7 Å². The Morgan fingerprint density at radius 1 is 1.33 bits per heavy atom. The second-order valence-electron chi connectivity index (χ2n) is 5.66. The zero-order chi connectivity index (χ0) is 13.3. The molecule has 4 heteroatoms. The van der Waals surface area contributed by atoms with Gasteiger partial charge >= 0.3 is 0 Å². The van der Waals surface area contributed by atoms with Crippen molar-refractivity contribution in [1.29, 1.82) is 0 Å². The third-order valence-corrected chi connectivity index (χ3v) is 3.69. The van der Waals surface area contributed by atoms with Crippen LogP contribution >= 0.6 is 15.9 Å². The van der Waals surface area contributed by atoms with Crippen LogP contribution in [-0.2, 0) is 0 Å². The van der Waals surface area contributed by atoms with Crippen LogP contribution in [0, 0.1) is 5.41 Å². The van der Waals surface area contributed by atoms with E-state index in [9.17, 15) is 5.11 Å². The molecule has 1 aliphatic rings. The molecule has 0 saturated heterocycles. The van der Waals surface area contributed by atoms with E-state index in [4.69, 9.17) is 9.47 Å². The Hall–Kier alpha value is -0.740. The molecule has 0 aromatic heterocycles. The lowest BCUT2D eigenvalue weighted by atomic mass is 9.97. The predicted molar refractivity (Wildman–Crippen MR) is 74.4 cm³/mol. The van der Waals surface area contributed by atoms with Gasteiger partial charge in [-0.15, -0.1) is 0 Å². The Balaban J connectivity index is 2.37. The van der Waals surface area contributed by atoms with Gasteiger partial charge in [-0.2, -0.15) is 0 Å². The minimum absolute atomic E-state index is 0.00121. The first-order valence-electron chi connectivity index (χ1n) is 6.13. The van der Waals surface area contributed by atoms with Gasteiger partial charge in [0.25, 0.3) is 0 Å². The van der Waals surface area contributed by atoms with Crippen molar-refractivity contribution in [2.75, 3.05) is 19.8 Å². The molecule has 1 heterocycles. The van der Waals surface area contributed by atoms with E-state index in [1.807, 2.05) is 19.1 Å². The van der Waals surface area contributed by atoms with Gasteiger partial charge in [0, 0.05) is 17.9 Å². The number of benzene rings is 1. The zero-order valence-electron chi connectivity index (χ0n) is 11.0. The van der Waals surface area contributed by atoms with Gasteiger partial charge in [0.05, 0.1) is 17.7 Å². The minimum atomic E-state index is 0.00121. The predicted octanol–water partition coefficient (Wildman–Crippen LogP) is 3.34. The maximum Gasteiger partial charge on any atom is 0.175 e. The van der Waals surface area contributed by atoms with Gasteiger partial charge in [0.15, 0.2) is 11.5 Å². The van der Waals surface area contributed by atoms with Crippen molar-refractivity contribution in [1.82, 2.24) is 0 Å². The van der Waals surface area contributed by atoms with Gasteiger partial charge < -0.3 is 14.6 Å². The van der Waals surface area contributed by atoms with E-state index in [1.54, 1.807) is 0 Å². The van der Waals surface area contributed by atoms with Crippen molar-refractivity contribution >= 4 is 15.9 Å². The molecule has 0 aliphatic carbocycles. The number of ether oxygens (including phenoxy) is 2. The van der Waals surface area contributed by atoms with Crippen LogP contribution in [0.3, 0.4) is 0 Å². The molecule has 1 N–H and O–H groups in total. The fourth-order valence-electron chi connectivity index (χ4n) is 1.81. The molecule has 0 amide bonds. The number of aliphatic hydroxyl groups excluding tert-OH is 1. The van der Waals surface area contributed by atoms with Gasteiger partial charge in [-0.25, -0.2) is 0 Å². The first-order valence-corrected chi connectivity index (χ1v) is 6.92. The highest BCUT2D eigenvalue weighted by molar-refractivity contribution is 9.10. The molecule has 2 rings (SSSR count). The summed E-state index contributed by atoms with van der Waals surface area (Å²) in [5.74, 6) is 1.60. The van der Waals surface area contributed by atoms with Crippen LogP contribution in [0.15, 0.2) is 16.6 Å². The molecule has 0 radical (unpaired) electrons. The molecule has 0 fully saturated rings. The van der Waals surface area contributed by atoms with Crippen molar-refractivity contribution in [2.24, 2.45) is 5.41 Å². The smallest absolute Gasteiger partial charge is 0.175 e. The second kappa shape index (κ2) is 5.10. The number of halogens is 1. The Morgan fingerprint density at radius 2 is 2.00 bits per heavy atom. The SMILES string of the molecule is CC(CO)c1cc(Br)c2c(c1)OCC(C)(C)CO2. The average Bonchev–Trinajstić information content (AvgIpc) is 2.48. The van der Waals surface area contributed by atoms with Crippen LogP contribution in [0.25, 0.3) is 0 Å². The van der Waals surface area contributed by atoms with Gasteiger partial charge in [-0.1, -0.05) is 20.8 Å². The quantitative estimate of drug-likeness (QED) is 0.910. The van der Waals surface area contributed by atoms with E-state index in [-0.39, 0.29) is 17.9 Å². The molecular weight excluding hydrogens is 296 g/mol. The van der Waals surface area contributed by atoms with E-state index in [0.717, 1.165) is 21.5 Å². The molecular formula is C14H19BrO3. The van der Waals surface area contributed by atoms with E-state index in [1.165, 1.54) is 0 Å². The number of hydrogen-bond donors (Lipinski definition) is 1. The number of aliphatic hydroxyl groups is 1. The maximum absolute atomic E-state index is 9.23.